The molecule has 0 atom stereocenters. The number of para-hydroxylation sites is 2. The molecule has 2 nitrogen and oxygen atoms in total. The monoisotopic (exact) mass is 878 g/mol. The standard InChI is InChI=1S/C62H42N2S2/c1-5-17-43(18-6-1)61(45-29-33-49(34-30-45)63(47-21-9-3-10-22-47)51-37-39-59-55(41-51)53-25-13-15-27-57(53)65-59)62(44-19-7-2-8-20-44)46-31-35-50(36-32-46)64(48-23-11-4-12-24-48)52-38-40-60-56(42-52)54-26-14-16-28-58(54)66-60/h1-42H. The number of nitrogens with zero attached hydrogens (tertiary/aromatic N) is 2. The fourth-order valence-electron chi connectivity index (χ4n) is 9.43. The summed E-state index contributed by atoms with van der Waals surface area (Å²) in [6.07, 6.45) is 0. The number of thiophene rings is 2. The van der Waals surface area contributed by atoms with Crippen molar-refractivity contribution >= 4 is 108 Å². The van der Waals surface area contributed by atoms with Crippen LogP contribution in [0.25, 0.3) is 51.5 Å². The molecule has 66 heavy (non-hydrogen) atoms. The third kappa shape index (κ3) is 7.33. The number of anilines is 6. The molecule has 0 aliphatic heterocycles. The summed E-state index contributed by atoms with van der Waals surface area (Å²) in [5.74, 6) is 0. The molecule has 0 fully saturated rings. The van der Waals surface area contributed by atoms with Gasteiger partial charge in [-0.1, -0.05) is 158 Å². The molecule has 10 aromatic carbocycles. The third-order valence-corrected chi connectivity index (χ3v) is 14.8. The van der Waals surface area contributed by atoms with Crippen LogP contribution < -0.4 is 9.80 Å². The van der Waals surface area contributed by atoms with Crippen molar-refractivity contribution in [3.63, 3.8) is 0 Å². The van der Waals surface area contributed by atoms with Crippen molar-refractivity contribution < 1.29 is 0 Å². The molecular formula is C62H42N2S2. The van der Waals surface area contributed by atoms with Gasteiger partial charge in [0.25, 0.3) is 0 Å². The average molecular weight is 879 g/mol. The average Bonchev–Trinajstić information content (AvgIpc) is 3.95. The van der Waals surface area contributed by atoms with Crippen LogP contribution in [-0.2, 0) is 0 Å². The second kappa shape index (κ2) is 17.2. The Hall–Kier alpha value is -8.02. The van der Waals surface area contributed by atoms with Crippen LogP contribution in [0.2, 0.25) is 0 Å². The van der Waals surface area contributed by atoms with Crippen molar-refractivity contribution in [2.24, 2.45) is 0 Å². The number of rotatable bonds is 10. The van der Waals surface area contributed by atoms with Crippen molar-refractivity contribution in [2.75, 3.05) is 9.80 Å². The number of hydrogen-bond donors (Lipinski definition) is 0. The summed E-state index contributed by atoms with van der Waals surface area (Å²) in [6, 6.07) is 92.6. The highest BCUT2D eigenvalue weighted by Crippen LogP contribution is 2.44. The number of fused-ring (bicyclic) bond motifs is 6. The Balaban J connectivity index is 0.993. The first-order chi connectivity index (χ1) is 32.7. The summed E-state index contributed by atoms with van der Waals surface area (Å²) in [7, 11) is 0. The predicted molar refractivity (Wildman–Crippen MR) is 286 cm³/mol. The van der Waals surface area contributed by atoms with Crippen LogP contribution in [-0.4, -0.2) is 0 Å². The smallest absolute Gasteiger partial charge is 0.0468 e. The number of hydrogen-bond acceptors (Lipinski definition) is 4. The van der Waals surface area contributed by atoms with Gasteiger partial charge in [0.2, 0.25) is 0 Å². The number of benzene rings is 10. The van der Waals surface area contributed by atoms with E-state index in [0.29, 0.717) is 0 Å². The molecule has 2 heterocycles. The van der Waals surface area contributed by atoms with Gasteiger partial charge in [0.1, 0.15) is 0 Å². The molecule has 0 amide bonds. The van der Waals surface area contributed by atoms with Gasteiger partial charge in [-0.25, -0.2) is 0 Å². The van der Waals surface area contributed by atoms with Gasteiger partial charge in [-0.2, -0.15) is 0 Å². The van der Waals surface area contributed by atoms with E-state index in [4.69, 9.17) is 0 Å². The van der Waals surface area contributed by atoms with Crippen molar-refractivity contribution in [1.82, 2.24) is 0 Å². The van der Waals surface area contributed by atoms with E-state index in [1.54, 1.807) is 0 Å². The highest BCUT2D eigenvalue weighted by Gasteiger charge is 2.21. The van der Waals surface area contributed by atoms with Gasteiger partial charge in [-0.3, -0.25) is 0 Å². The molecule has 0 radical (unpaired) electrons. The Morgan fingerprint density at radius 1 is 0.227 bits per heavy atom. The molecule has 0 aliphatic carbocycles. The predicted octanol–water partition coefficient (Wildman–Crippen LogP) is 18.4. The summed E-state index contributed by atoms with van der Waals surface area (Å²) >= 11 is 3.70. The largest absolute Gasteiger partial charge is 0.310 e. The van der Waals surface area contributed by atoms with E-state index in [1.165, 1.54) is 51.5 Å². The van der Waals surface area contributed by atoms with E-state index in [9.17, 15) is 0 Å². The van der Waals surface area contributed by atoms with Gasteiger partial charge in [0.15, 0.2) is 0 Å². The van der Waals surface area contributed by atoms with E-state index in [0.717, 1.165) is 56.4 Å². The maximum atomic E-state index is 2.37. The Labute approximate surface area is 392 Å². The van der Waals surface area contributed by atoms with E-state index in [2.05, 4.69) is 265 Å². The van der Waals surface area contributed by atoms with Crippen LogP contribution in [0.3, 0.4) is 0 Å². The summed E-state index contributed by atoms with van der Waals surface area (Å²) in [4.78, 5) is 4.74. The van der Waals surface area contributed by atoms with Gasteiger partial charge in [0.05, 0.1) is 0 Å². The van der Waals surface area contributed by atoms with Gasteiger partial charge < -0.3 is 9.80 Å². The van der Waals surface area contributed by atoms with Crippen molar-refractivity contribution in [3.05, 3.63) is 277 Å². The van der Waals surface area contributed by atoms with Crippen LogP contribution >= 0.6 is 22.7 Å². The van der Waals surface area contributed by atoms with Gasteiger partial charge in [-0.05, 0) is 130 Å². The molecule has 0 saturated carbocycles. The zero-order valence-electron chi connectivity index (χ0n) is 36.0. The molecular weight excluding hydrogens is 837 g/mol. The topological polar surface area (TPSA) is 6.48 Å². The maximum absolute atomic E-state index is 2.37. The second-order valence-corrected chi connectivity index (χ2v) is 18.6. The zero-order valence-corrected chi connectivity index (χ0v) is 37.6. The lowest BCUT2D eigenvalue weighted by molar-refractivity contribution is 1.29. The normalized spacial score (nSPS) is 11.9. The molecule has 0 spiro atoms. The van der Waals surface area contributed by atoms with Gasteiger partial charge in [0, 0.05) is 74.5 Å². The highest BCUT2D eigenvalue weighted by atomic mass is 32.1. The Bertz CT molecular complexity index is 3420. The fraction of sp³-hybridized carbons (Fsp3) is 0. The van der Waals surface area contributed by atoms with Crippen molar-refractivity contribution in [2.45, 2.75) is 0 Å². The summed E-state index contributed by atoms with van der Waals surface area (Å²) in [6.45, 7) is 0. The van der Waals surface area contributed by atoms with Crippen LogP contribution in [0.1, 0.15) is 22.3 Å². The molecule has 4 heteroatoms. The molecule has 0 N–H and O–H groups in total. The molecule has 0 bridgehead atoms. The summed E-state index contributed by atoms with van der Waals surface area (Å²) < 4.78 is 5.21. The van der Waals surface area contributed by atoms with Gasteiger partial charge in [-0.15, -0.1) is 22.7 Å². The molecule has 12 rings (SSSR count). The second-order valence-electron chi connectivity index (χ2n) is 16.5. The van der Waals surface area contributed by atoms with Crippen LogP contribution in [0, 0.1) is 0 Å². The molecule has 2 aromatic heterocycles. The highest BCUT2D eigenvalue weighted by molar-refractivity contribution is 7.26. The molecule has 0 aliphatic rings. The van der Waals surface area contributed by atoms with E-state index < -0.39 is 0 Å². The van der Waals surface area contributed by atoms with Crippen LogP contribution in [0.5, 0.6) is 0 Å². The Morgan fingerprint density at radius 3 is 0.909 bits per heavy atom. The van der Waals surface area contributed by atoms with Crippen molar-refractivity contribution in [3.8, 4) is 0 Å². The van der Waals surface area contributed by atoms with E-state index >= 15 is 0 Å². The first-order valence-corrected chi connectivity index (χ1v) is 24.0. The summed E-state index contributed by atoms with van der Waals surface area (Å²) in [5.41, 5.74) is 13.6. The van der Waals surface area contributed by atoms with Crippen LogP contribution in [0.15, 0.2) is 255 Å². The molecule has 312 valence electrons. The zero-order chi connectivity index (χ0) is 43.8. The molecule has 12 aromatic rings. The van der Waals surface area contributed by atoms with E-state index in [1.807, 2.05) is 22.7 Å². The maximum Gasteiger partial charge on any atom is 0.0468 e. The lowest BCUT2D eigenvalue weighted by Gasteiger charge is -2.27. The quantitative estimate of drug-likeness (QED) is 0.126. The minimum atomic E-state index is 1.09. The fourth-order valence-corrected chi connectivity index (χ4v) is 11.6. The lowest BCUT2D eigenvalue weighted by Crippen LogP contribution is -2.10. The Kier molecular flexibility index (Phi) is 10.3. The SMILES string of the molecule is c1ccc(C(=C(c2ccccc2)c2ccc(N(c3ccccc3)c3ccc4sc5ccccc5c4c3)cc2)c2ccc(N(c3ccccc3)c3ccc4sc5ccccc5c4c3)cc2)cc1. The lowest BCUT2D eigenvalue weighted by atomic mass is 9.85. The minimum absolute atomic E-state index is 1.09. The third-order valence-electron chi connectivity index (χ3n) is 12.5. The molecule has 0 unspecified atom stereocenters. The van der Waals surface area contributed by atoms with Crippen molar-refractivity contribution in [1.29, 1.82) is 0 Å². The molecule has 0 saturated heterocycles. The van der Waals surface area contributed by atoms with Crippen LogP contribution in [0.4, 0.5) is 34.1 Å². The summed E-state index contributed by atoms with van der Waals surface area (Å²) in [5, 5.41) is 5.15. The van der Waals surface area contributed by atoms with Gasteiger partial charge >= 0.3 is 0 Å². The minimum Gasteiger partial charge on any atom is -0.310 e. The first kappa shape index (κ1) is 39.6. The van der Waals surface area contributed by atoms with E-state index in [-0.39, 0.29) is 0 Å². The Morgan fingerprint density at radius 2 is 0.515 bits per heavy atom. The first-order valence-electron chi connectivity index (χ1n) is 22.3.